The first-order valence-electron chi connectivity index (χ1n) is 9.64. The fourth-order valence-electron chi connectivity index (χ4n) is 3.50. The third kappa shape index (κ3) is 5.26. The molecule has 3 atom stereocenters. The predicted molar refractivity (Wildman–Crippen MR) is 106 cm³/mol. The summed E-state index contributed by atoms with van der Waals surface area (Å²) in [4.78, 5) is 39.3. The number of alkyl carbamates (subject to hydrolysis) is 1. The standard InChI is InChI=1S/C21H30N2O6/c1-13(2)16(22-20(26)28-12-15-10-8-7-9-11-15)18(24)23-17(19(25)27-6)14(3)29-21(23,4)5/h7-11,13-14,16-17H,12H2,1-6H3,(H,22,26)/t14-,16+,17+/m1/s1. The second-order valence-corrected chi connectivity index (χ2v) is 7.87. The van der Waals surface area contributed by atoms with Crippen molar-refractivity contribution in [2.75, 3.05) is 7.11 Å². The summed E-state index contributed by atoms with van der Waals surface area (Å²) in [5.74, 6) is -1.23. The van der Waals surface area contributed by atoms with E-state index in [4.69, 9.17) is 14.2 Å². The van der Waals surface area contributed by atoms with Crippen molar-refractivity contribution in [3.8, 4) is 0 Å². The Morgan fingerprint density at radius 3 is 2.38 bits per heavy atom. The molecule has 1 aromatic rings. The molecule has 2 amide bonds. The van der Waals surface area contributed by atoms with Crippen LogP contribution in [0.15, 0.2) is 30.3 Å². The van der Waals surface area contributed by atoms with Crippen LogP contribution in [0.25, 0.3) is 0 Å². The fourth-order valence-corrected chi connectivity index (χ4v) is 3.50. The minimum Gasteiger partial charge on any atom is -0.467 e. The summed E-state index contributed by atoms with van der Waals surface area (Å²) in [6.07, 6.45) is -1.25. The van der Waals surface area contributed by atoms with Gasteiger partial charge in [-0.1, -0.05) is 44.2 Å². The van der Waals surface area contributed by atoms with Gasteiger partial charge < -0.3 is 19.5 Å². The maximum atomic E-state index is 13.4. The van der Waals surface area contributed by atoms with Gasteiger partial charge in [-0.2, -0.15) is 0 Å². The number of hydrogen-bond donors (Lipinski definition) is 1. The largest absolute Gasteiger partial charge is 0.467 e. The molecule has 0 unspecified atom stereocenters. The average molecular weight is 406 g/mol. The highest BCUT2D eigenvalue weighted by molar-refractivity contribution is 5.91. The smallest absolute Gasteiger partial charge is 0.408 e. The van der Waals surface area contributed by atoms with Gasteiger partial charge in [0.05, 0.1) is 13.2 Å². The molecule has 1 aliphatic rings. The lowest BCUT2D eigenvalue weighted by molar-refractivity contribution is -0.159. The monoisotopic (exact) mass is 406 g/mol. The van der Waals surface area contributed by atoms with Crippen molar-refractivity contribution in [2.45, 2.75) is 65.1 Å². The second kappa shape index (κ2) is 9.26. The van der Waals surface area contributed by atoms with Gasteiger partial charge in [0.25, 0.3) is 0 Å². The van der Waals surface area contributed by atoms with Crippen molar-refractivity contribution in [1.82, 2.24) is 10.2 Å². The third-order valence-electron chi connectivity index (χ3n) is 4.88. The number of hydrogen-bond acceptors (Lipinski definition) is 6. The molecule has 160 valence electrons. The summed E-state index contributed by atoms with van der Waals surface area (Å²) < 4.78 is 15.9. The molecule has 0 radical (unpaired) electrons. The molecule has 0 aliphatic carbocycles. The lowest BCUT2D eigenvalue weighted by Crippen LogP contribution is -2.59. The number of nitrogens with zero attached hydrogens (tertiary/aromatic N) is 1. The number of amides is 2. The Hall–Kier alpha value is -2.61. The molecule has 1 aromatic carbocycles. The van der Waals surface area contributed by atoms with Gasteiger partial charge in [-0.3, -0.25) is 9.69 Å². The summed E-state index contributed by atoms with van der Waals surface area (Å²) in [6, 6.07) is 7.46. The molecule has 0 spiro atoms. The fraction of sp³-hybridized carbons (Fsp3) is 0.571. The summed E-state index contributed by atoms with van der Waals surface area (Å²) in [5.41, 5.74) is -0.193. The van der Waals surface area contributed by atoms with Gasteiger partial charge in [0.1, 0.15) is 18.4 Å². The Balaban J connectivity index is 2.14. The number of benzene rings is 1. The van der Waals surface area contributed by atoms with Gasteiger partial charge in [0, 0.05) is 0 Å². The topological polar surface area (TPSA) is 94.2 Å². The predicted octanol–water partition coefficient (Wildman–Crippen LogP) is 2.46. The van der Waals surface area contributed by atoms with Gasteiger partial charge in [0.2, 0.25) is 5.91 Å². The zero-order valence-corrected chi connectivity index (χ0v) is 17.8. The number of nitrogens with one attached hydrogen (secondary N) is 1. The van der Waals surface area contributed by atoms with Gasteiger partial charge in [-0.25, -0.2) is 9.59 Å². The number of ether oxygens (including phenoxy) is 3. The number of esters is 1. The summed E-state index contributed by atoms with van der Waals surface area (Å²) in [5, 5.41) is 2.63. The maximum absolute atomic E-state index is 13.4. The van der Waals surface area contributed by atoms with Crippen LogP contribution in [0.1, 0.15) is 40.2 Å². The van der Waals surface area contributed by atoms with Crippen molar-refractivity contribution in [3.63, 3.8) is 0 Å². The van der Waals surface area contributed by atoms with Crippen LogP contribution in [-0.4, -0.2) is 53.9 Å². The van der Waals surface area contributed by atoms with Crippen molar-refractivity contribution >= 4 is 18.0 Å². The van der Waals surface area contributed by atoms with E-state index in [-0.39, 0.29) is 12.5 Å². The van der Waals surface area contributed by atoms with Crippen LogP contribution in [0.3, 0.4) is 0 Å². The first-order valence-corrected chi connectivity index (χ1v) is 9.64. The minimum absolute atomic E-state index is 0.0891. The number of carbonyl (C=O) groups is 3. The van der Waals surface area contributed by atoms with Crippen LogP contribution in [0.5, 0.6) is 0 Å². The van der Waals surface area contributed by atoms with E-state index in [9.17, 15) is 14.4 Å². The van der Waals surface area contributed by atoms with Gasteiger partial charge in [-0.15, -0.1) is 0 Å². The Kier molecular flexibility index (Phi) is 7.24. The van der Waals surface area contributed by atoms with E-state index >= 15 is 0 Å². The average Bonchev–Trinajstić information content (AvgIpc) is 2.92. The highest BCUT2D eigenvalue weighted by Crippen LogP contribution is 2.34. The summed E-state index contributed by atoms with van der Waals surface area (Å²) in [7, 11) is 1.27. The lowest BCUT2D eigenvalue weighted by Gasteiger charge is -2.36. The number of methoxy groups -OCH3 is 1. The van der Waals surface area contributed by atoms with Crippen molar-refractivity contribution < 1.29 is 28.6 Å². The van der Waals surface area contributed by atoms with E-state index in [1.54, 1.807) is 34.6 Å². The van der Waals surface area contributed by atoms with Crippen LogP contribution in [0.2, 0.25) is 0 Å². The van der Waals surface area contributed by atoms with Crippen molar-refractivity contribution in [3.05, 3.63) is 35.9 Å². The molecule has 0 aromatic heterocycles. The molecule has 1 N–H and O–H groups in total. The van der Waals surface area contributed by atoms with E-state index in [1.807, 2.05) is 30.3 Å². The van der Waals surface area contributed by atoms with Crippen molar-refractivity contribution in [2.24, 2.45) is 5.92 Å². The molecule has 1 aliphatic heterocycles. The molecule has 1 fully saturated rings. The quantitative estimate of drug-likeness (QED) is 0.730. The first-order chi connectivity index (χ1) is 13.6. The molecule has 1 heterocycles. The van der Waals surface area contributed by atoms with E-state index in [0.717, 1.165) is 5.56 Å². The van der Waals surface area contributed by atoms with Gasteiger partial charge in [-0.05, 0) is 32.3 Å². The molecule has 8 heteroatoms. The van der Waals surface area contributed by atoms with E-state index in [1.165, 1.54) is 12.0 Å². The third-order valence-corrected chi connectivity index (χ3v) is 4.88. The Labute approximate surface area is 171 Å². The first kappa shape index (κ1) is 22.7. The Morgan fingerprint density at radius 2 is 1.83 bits per heavy atom. The molecule has 0 saturated carbocycles. The molecule has 1 saturated heterocycles. The maximum Gasteiger partial charge on any atom is 0.408 e. The molecular weight excluding hydrogens is 376 g/mol. The summed E-state index contributed by atoms with van der Waals surface area (Å²) >= 11 is 0. The highest BCUT2D eigenvalue weighted by Gasteiger charge is 2.53. The Morgan fingerprint density at radius 1 is 1.21 bits per heavy atom. The highest BCUT2D eigenvalue weighted by atomic mass is 16.6. The molecule has 8 nitrogen and oxygen atoms in total. The zero-order valence-electron chi connectivity index (χ0n) is 17.8. The van der Waals surface area contributed by atoms with Gasteiger partial charge in [0.15, 0.2) is 6.04 Å². The van der Waals surface area contributed by atoms with Crippen LogP contribution in [0.4, 0.5) is 4.79 Å². The SMILES string of the molecule is COC(=O)[C@@H]1[C@@H](C)OC(C)(C)N1C(=O)[C@@H](NC(=O)OCc1ccccc1)C(C)C. The molecule has 29 heavy (non-hydrogen) atoms. The van der Waals surface area contributed by atoms with Gasteiger partial charge >= 0.3 is 12.1 Å². The zero-order chi connectivity index (χ0) is 21.8. The summed E-state index contributed by atoms with van der Waals surface area (Å²) in [6.45, 7) is 8.82. The van der Waals surface area contributed by atoms with E-state index in [2.05, 4.69) is 5.32 Å². The molecular formula is C21H30N2O6. The van der Waals surface area contributed by atoms with Crippen LogP contribution >= 0.6 is 0 Å². The van der Waals surface area contributed by atoms with E-state index in [0.29, 0.717) is 0 Å². The van der Waals surface area contributed by atoms with Crippen molar-refractivity contribution in [1.29, 1.82) is 0 Å². The molecule has 2 rings (SSSR count). The molecule has 0 bridgehead atoms. The van der Waals surface area contributed by atoms with Crippen LogP contribution < -0.4 is 5.32 Å². The second-order valence-electron chi connectivity index (χ2n) is 7.87. The lowest BCUT2D eigenvalue weighted by atomic mass is 10.0. The normalized spacial score (nSPS) is 21.6. The number of carbonyl (C=O) groups excluding carboxylic acids is 3. The Bertz CT molecular complexity index is 734. The van der Waals surface area contributed by atoms with E-state index < -0.39 is 41.9 Å². The van der Waals surface area contributed by atoms with Crippen LogP contribution in [-0.2, 0) is 30.4 Å². The number of rotatable bonds is 6. The minimum atomic E-state index is -1.03. The van der Waals surface area contributed by atoms with Crippen LogP contribution in [0, 0.1) is 5.92 Å².